The molecule has 2 rings (SSSR count). The first-order valence-electron chi connectivity index (χ1n) is 13.3. The van der Waals surface area contributed by atoms with Gasteiger partial charge >= 0.3 is 0 Å². The zero-order chi connectivity index (χ0) is 29.9. The second kappa shape index (κ2) is 15.1. The lowest BCUT2D eigenvalue weighted by atomic mass is 9.66. The molecule has 0 fully saturated rings. The van der Waals surface area contributed by atoms with Gasteiger partial charge in [0.15, 0.2) is 29.1 Å². The minimum Gasteiger partial charge on any atom is -0.493 e. The summed E-state index contributed by atoms with van der Waals surface area (Å²) in [5, 5.41) is 20.4. The molecule has 0 bridgehead atoms. The van der Waals surface area contributed by atoms with Gasteiger partial charge in [-0.05, 0) is 61.2 Å². The SMILES string of the molecule is CCC(N(C)CCc1ccc(OCC(CN)O[N+](=O)[O-])c(OC)c1)C(C#N)(c1ccc(OC)c(OC)c1)C(C)C. The second-order valence-electron chi connectivity index (χ2n) is 9.84. The molecular weight excluding hydrogens is 516 g/mol. The van der Waals surface area contributed by atoms with Gasteiger partial charge < -0.3 is 34.4 Å². The van der Waals surface area contributed by atoms with E-state index < -0.39 is 16.6 Å². The smallest absolute Gasteiger partial charge is 0.294 e. The summed E-state index contributed by atoms with van der Waals surface area (Å²) in [7, 11) is 6.76. The van der Waals surface area contributed by atoms with E-state index in [0.29, 0.717) is 36.0 Å². The first-order valence-corrected chi connectivity index (χ1v) is 13.3. The maximum Gasteiger partial charge on any atom is 0.294 e. The van der Waals surface area contributed by atoms with Crippen molar-refractivity contribution in [3.8, 4) is 29.1 Å². The van der Waals surface area contributed by atoms with Crippen LogP contribution >= 0.6 is 0 Å². The summed E-state index contributed by atoms with van der Waals surface area (Å²) in [6, 6.07) is 13.9. The highest BCUT2D eigenvalue weighted by atomic mass is 17.0. The summed E-state index contributed by atoms with van der Waals surface area (Å²) in [6.07, 6.45) is 0.581. The van der Waals surface area contributed by atoms with Crippen LogP contribution in [-0.4, -0.2) is 70.2 Å². The second-order valence-corrected chi connectivity index (χ2v) is 9.84. The molecule has 0 saturated heterocycles. The van der Waals surface area contributed by atoms with Crippen LogP contribution in [0.15, 0.2) is 36.4 Å². The molecule has 2 aromatic carbocycles. The number of hydrogen-bond donors (Lipinski definition) is 1. The van der Waals surface area contributed by atoms with Gasteiger partial charge in [0.2, 0.25) is 0 Å². The summed E-state index contributed by atoms with van der Waals surface area (Å²) in [4.78, 5) is 17.4. The Bertz CT molecular complexity index is 1150. The predicted molar refractivity (Wildman–Crippen MR) is 151 cm³/mol. The van der Waals surface area contributed by atoms with Gasteiger partial charge in [-0.15, -0.1) is 10.1 Å². The molecule has 0 aliphatic carbocycles. The maximum atomic E-state index is 10.6. The Morgan fingerprint density at radius 1 is 1.05 bits per heavy atom. The first-order chi connectivity index (χ1) is 19.1. The fraction of sp³-hybridized carbons (Fsp3) is 0.552. The Balaban J connectivity index is 2.25. The highest BCUT2D eigenvalue weighted by Gasteiger charge is 2.45. The van der Waals surface area contributed by atoms with E-state index in [1.165, 1.54) is 7.11 Å². The Labute approximate surface area is 236 Å². The summed E-state index contributed by atoms with van der Waals surface area (Å²) in [6.45, 7) is 6.80. The van der Waals surface area contributed by atoms with E-state index in [1.54, 1.807) is 20.3 Å². The van der Waals surface area contributed by atoms with Crippen LogP contribution in [0, 0.1) is 27.4 Å². The number of likely N-dealkylation sites (N-methyl/N-ethyl adjacent to an activating group) is 1. The van der Waals surface area contributed by atoms with Gasteiger partial charge in [0.1, 0.15) is 12.0 Å². The molecular formula is C29H42N4O7. The summed E-state index contributed by atoms with van der Waals surface area (Å²) >= 11 is 0. The highest BCUT2D eigenvalue weighted by molar-refractivity contribution is 5.48. The Morgan fingerprint density at radius 3 is 2.20 bits per heavy atom. The van der Waals surface area contributed by atoms with E-state index in [0.717, 1.165) is 17.5 Å². The Kier molecular flexibility index (Phi) is 12.3. The summed E-state index contributed by atoms with van der Waals surface area (Å²) in [5.74, 6) is 2.18. The Morgan fingerprint density at radius 2 is 1.68 bits per heavy atom. The normalized spacial score (nSPS) is 14.1. The van der Waals surface area contributed by atoms with Gasteiger partial charge in [0.05, 0.1) is 27.4 Å². The van der Waals surface area contributed by atoms with Crippen molar-refractivity contribution in [1.29, 1.82) is 5.26 Å². The van der Waals surface area contributed by atoms with Crippen molar-refractivity contribution in [2.75, 3.05) is 48.1 Å². The van der Waals surface area contributed by atoms with Crippen LogP contribution in [0.2, 0.25) is 0 Å². The number of rotatable bonds is 17. The molecule has 0 spiro atoms. The summed E-state index contributed by atoms with van der Waals surface area (Å²) < 4.78 is 22.2. The van der Waals surface area contributed by atoms with Crippen molar-refractivity contribution in [3.05, 3.63) is 57.6 Å². The standard InChI is InChI=1S/C29H42N4O7/c1-8-28(29(19-31,20(2)3)22-10-12-24(36-5)27(16-22)38-7)32(4)14-13-21-9-11-25(26(15-21)37-6)39-18-23(17-30)40-33(34)35/h9-12,15-16,20,23,28H,8,13-14,17-18,30H2,1-7H3. The van der Waals surface area contributed by atoms with Crippen LogP contribution in [0.4, 0.5) is 0 Å². The maximum absolute atomic E-state index is 10.6. The third-order valence-corrected chi connectivity index (χ3v) is 7.31. The van der Waals surface area contributed by atoms with E-state index in [4.69, 9.17) is 24.7 Å². The number of ether oxygens (including phenoxy) is 4. The van der Waals surface area contributed by atoms with Crippen molar-refractivity contribution in [2.45, 2.75) is 51.2 Å². The Hall–Kier alpha value is -3.75. The van der Waals surface area contributed by atoms with Gasteiger partial charge in [-0.25, -0.2) is 0 Å². The number of nitrogens with two attached hydrogens (primary N) is 1. The van der Waals surface area contributed by atoms with Gasteiger partial charge in [-0.2, -0.15) is 5.26 Å². The summed E-state index contributed by atoms with van der Waals surface area (Å²) in [5.41, 5.74) is 6.65. The monoisotopic (exact) mass is 558 g/mol. The molecule has 40 heavy (non-hydrogen) atoms. The molecule has 2 N–H and O–H groups in total. The molecule has 0 amide bonds. The van der Waals surface area contributed by atoms with Gasteiger partial charge in [-0.1, -0.05) is 32.9 Å². The van der Waals surface area contributed by atoms with Crippen LogP contribution in [0.1, 0.15) is 38.3 Å². The molecule has 3 atom stereocenters. The number of methoxy groups -OCH3 is 3. The largest absolute Gasteiger partial charge is 0.493 e. The molecule has 3 unspecified atom stereocenters. The third-order valence-electron chi connectivity index (χ3n) is 7.31. The van der Waals surface area contributed by atoms with E-state index in [1.807, 2.05) is 37.4 Å². The molecule has 11 heteroatoms. The van der Waals surface area contributed by atoms with Crippen molar-refractivity contribution in [3.63, 3.8) is 0 Å². The zero-order valence-corrected chi connectivity index (χ0v) is 24.5. The number of nitrogens with zero attached hydrogens (tertiary/aromatic N) is 3. The van der Waals surface area contributed by atoms with E-state index in [-0.39, 0.29) is 25.1 Å². The molecule has 0 aromatic heterocycles. The van der Waals surface area contributed by atoms with Crippen LogP contribution in [-0.2, 0) is 16.7 Å². The highest BCUT2D eigenvalue weighted by Crippen LogP contribution is 2.42. The van der Waals surface area contributed by atoms with E-state index >= 15 is 0 Å². The predicted octanol–water partition coefficient (Wildman–Crippen LogP) is 4.00. The quantitative estimate of drug-likeness (QED) is 0.224. The lowest BCUT2D eigenvalue weighted by molar-refractivity contribution is -0.768. The van der Waals surface area contributed by atoms with Gasteiger partial charge in [-0.3, -0.25) is 0 Å². The molecule has 0 aliphatic heterocycles. The van der Waals surface area contributed by atoms with E-state index in [2.05, 4.69) is 36.6 Å². The lowest BCUT2D eigenvalue weighted by Crippen LogP contribution is -2.51. The third kappa shape index (κ3) is 7.46. The van der Waals surface area contributed by atoms with Crippen molar-refractivity contribution < 1.29 is 28.9 Å². The molecule has 0 heterocycles. The molecule has 0 saturated carbocycles. The van der Waals surface area contributed by atoms with Crippen LogP contribution in [0.3, 0.4) is 0 Å². The molecule has 220 valence electrons. The van der Waals surface area contributed by atoms with Crippen LogP contribution in [0.5, 0.6) is 23.0 Å². The van der Waals surface area contributed by atoms with Crippen LogP contribution in [0.25, 0.3) is 0 Å². The fourth-order valence-electron chi connectivity index (χ4n) is 5.15. The fourth-order valence-corrected chi connectivity index (χ4v) is 5.15. The molecule has 2 aromatic rings. The van der Waals surface area contributed by atoms with Gasteiger partial charge in [0, 0.05) is 19.1 Å². The number of hydrogen-bond acceptors (Lipinski definition) is 10. The van der Waals surface area contributed by atoms with E-state index in [9.17, 15) is 15.4 Å². The lowest BCUT2D eigenvalue weighted by Gasteiger charge is -2.43. The minimum absolute atomic E-state index is 0.0242. The zero-order valence-electron chi connectivity index (χ0n) is 24.5. The molecule has 0 radical (unpaired) electrons. The van der Waals surface area contributed by atoms with Crippen LogP contribution < -0.4 is 24.7 Å². The number of benzene rings is 2. The average molecular weight is 559 g/mol. The van der Waals surface area contributed by atoms with Gasteiger partial charge in [0.25, 0.3) is 5.09 Å². The van der Waals surface area contributed by atoms with Crippen molar-refractivity contribution >= 4 is 0 Å². The number of nitriles is 1. The first kappa shape index (κ1) is 32.5. The molecule has 11 nitrogen and oxygen atoms in total. The minimum atomic E-state index is -0.883. The van der Waals surface area contributed by atoms with Crippen molar-refractivity contribution in [2.24, 2.45) is 11.7 Å². The topological polar surface area (TPSA) is 142 Å². The average Bonchev–Trinajstić information content (AvgIpc) is 2.96. The molecule has 0 aliphatic rings. The van der Waals surface area contributed by atoms with Crippen molar-refractivity contribution in [1.82, 2.24) is 4.90 Å².